The van der Waals surface area contributed by atoms with Crippen molar-refractivity contribution in [1.82, 2.24) is 0 Å². The Morgan fingerprint density at radius 1 is 0.957 bits per heavy atom. The van der Waals surface area contributed by atoms with Gasteiger partial charge >= 0.3 is 0 Å². The van der Waals surface area contributed by atoms with Crippen LogP contribution in [0.5, 0.6) is 0 Å². The molecule has 23 heavy (non-hydrogen) atoms. The van der Waals surface area contributed by atoms with Crippen LogP contribution in [0, 0.1) is 40.4 Å². The van der Waals surface area contributed by atoms with Crippen molar-refractivity contribution in [3.8, 4) is 0 Å². The minimum atomic E-state index is 0.0396. The summed E-state index contributed by atoms with van der Waals surface area (Å²) >= 11 is 0. The molecular weight excluding hydrogens is 284 g/mol. The Morgan fingerprint density at radius 2 is 1.70 bits per heavy atom. The van der Waals surface area contributed by atoms with Gasteiger partial charge in [-0.15, -0.1) is 0 Å². The fourth-order valence-corrected chi connectivity index (χ4v) is 7.62. The van der Waals surface area contributed by atoms with Crippen molar-refractivity contribution in [2.75, 3.05) is 0 Å². The molecule has 0 N–H and O–H groups in total. The molecule has 4 fully saturated rings. The molecule has 0 unspecified atom stereocenters. The largest absolute Gasteiger partial charge is 0.300 e. The van der Waals surface area contributed by atoms with Gasteiger partial charge in [-0.3, -0.25) is 9.59 Å². The quantitative estimate of drug-likeness (QED) is 0.696. The maximum absolute atomic E-state index is 12.9. The van der Waals surface area contributed by atoms with Crippen LogP contribution in [0.3, 0.4) is 0 Å². The van der Waals surface area contributed by atoms with E-state index < -0.39 is 0 Å². The first-order valence-corrected chi connectivity index (χ1v) is 9.94. The minimum absolute atomic E-state index is 0.0396. The van der Waals surface area contributed by atoms with Crippen LogP contribution in [0.4, 0.5) is 0 Å². The third kappa shape index (κ3) is 2.05. The van der Waals surface area contributed by atoms with E-state index in [1.807, 2.05) is 0 Å². The molecule has 0 amide bonds. The first-order valence-electron chi connectivity index (χ1n) is 9.94. The van der Waals surface area contributed by atoms with Crippen LogP contribution in [0.25, 0.3) is 0 Å². The molecule has 0 aromatic carbocycles. The number of carbonyl (C=O) groups is 2. The second-order valence-corrected chi connectivity index (χ2v) is 9.58. The molecule has 128 valence electrons. The van der Waals surface area contributed by atoms with Crippen LogP contribution in [0.2, 0.25) is 0 Å². The van der Waals surface area contributed by atoms with Gasteiger partial charge in [0, 0.05) is 25.2 Å². The predicted molar refractivity (Wildman–Crippen MR) is 90.9 cm³/mol. The van der Waals surface area contributed by atoms with Crippen molar-refractivity contribution < 1.29 is 9.59 Å². The average molecular weight is 316 g/mol. The number of carbonyl (C=O) groups excluding carboxylic acids is 2. The van der Waals surface area contributed by atoms with Gasteiger partial charge in [0.25, 0.3) is 0 Å². The van der Waals surface area contributed by atoms with Crippen LogP contribution in [-0.2, 0) is 9.59 Å². The molecule has 4 saturated carbocycles. The van der Waals surface area contributed by atoms with Crippen molar-refractivity contribution in [1.29, 1.82) is 0 Å². The second-order valence-electron chi connectivity index (χ2n) is 9.58. The third-order valence-corrected chi connectivity index (χ3v) is 8.97. The normalized spacial score (nSPS) is 52.7. The molecule has 4 aliphatic rings. The molecule has 0 saturated heterocycles. The van der Waals surface area contributed by atoms with E-state index in [4.69, 9.17) is 0 Å². The molecule has 2 nitrogen and oxygen atoms in total. The van der Waals surface area contributed by atoms with E-state index in [0.29, 0.717) is 41.7 Å². The highest BCUT2D eigenvalue weighted by Crippen LogP contribution is 2.66. The maximum atomic E-state index is 12.9. The molecule has 0 bridgehead atoms. The summed E-state index contributed by atoms with van der Waals surface area (Å²) in [5, 5.41) is 0. The fraction of sp³-hybridized carbons (Fsp3) is 0.905. The minimum Gasteiger partial charge on any atom is -0.300 e. The van der Waals surface area contributed by atoms with E-state index in [0.717, 1.165) is 24.7 Å². The second kappa shape index (κ2) is 5.17. The first kappa shape index (κ1) is 15.8. The lowest BCUT2D eigenvalue weighted by molar-refractivity contribution is -0.158. The standard InChI is InChI=1S/C21H32O2/c1-4-13-5-6-16-15-12-19(23)18-11-14(22)7-9-21(18,3)17(15)8-10-20(13,16)2/h13,15-18H,4-12H2,1-3H3/t13-,15-,16-,17-,18+,20+,21+/m0/s1. The lowest BCUT2D eigenvalue weighted by Crippen LogP contribution is -2.56. The summed E-state index contributed by atoms with van der Waals surface area (Å²) < 4.78 is 0. The summed E-state index contributed by atoms with van der Waals surface area (Å²) in [4.78, 5) is 24.9. The van der Waals surface area contributed by atoms with E-state index in [2.05, 4.69) is 20.8 Å². The molecule has 7 atom stereocenters. The number of ketones is 2. The predicted octanol–water partition coefficient (Wildman–Crippen LogP) is 4.80. The summed E-state index contributed by atoms with van der Waals surface area (Å²) in [6.45, 7) is 7.23. The van der Waals surface area contributed by atoms with Gasteiger partial charge in [-0.05, 0) is 66.6 Å². The smallest absolute Gasteiger partial charge is 0.137 e. The molecule has 0 heterocycles. The van der Waals surface area contributed by atoms with Crippen LogP contribution in [0.15, 0.2) is 0 Å². The third-order valence-electron chi connectivity index (χ3n) is 8.97. The zero-order valence-corrected chi connectivity index (χ0v) is 15.1. The highest BCUT2D eigenvalue weighted by atomic mass is 16.1. The molecule has 4 aliphatic carbocycles. The molecule has 0 spiro atoms. The van der Waals surface area contributed by atoms with Gasteiger partial charge in [-0.2, -0.15) is 0 Å². The zero-order chi connectivity index (χ0) is 16.4. The van der Waals surface area contributed by atoms with E-state index in [-0.39, 0.29) is 11.3 Å². The highest BCUT2D eigenvalue weighted by molar-refractivity contribution is 5.90. The molecule has 4 rings (SSSR count). The number of fused-ring (bicyclic) bond motifs is 5. The van der Waals surface area contributed by atoms with Crippen molar-refractivity contribution in [3.63, 3.8) is 0 Å². The van der Waals surface area contributed by atoms with Gasteiger partial charge in [-0.1, -0.05) is 27.2 Å². The summed E-state index contributed by atoms with van der Waals surface area (Å²) in [5.41, 5.74) is 0.587. The molecular formula is C21H32O2. The van der Waals surface area contributed by atoms with E-state index >= 15 is 0 Å². The first-order chi connectivity index (χ1) is 10.9. The van der Waals surface area contributed by atoms with Gasteiger partial charge in [0.2, 0.25) is 0 Å². The topological polar surface area (TPSA) is 34.1 Å². The van der Waals surface area contributed by atoms with Crippen molar-refractivity contribution in [3.05, 3.63) is 0 Å². The van der Waals surface area contributed by atoms with Crippen molar-refractivity contribution in [2.24, 2.45) is 40.4 Å². The van der Waals surface area contributed by atoms with Crippen molar-refractivity contribution in [2.45, 2.75) is 78.6 Å². The number of hydrogen-bond acceptors (Lipinski definition) is 2. The van der Waals surface area contributed by atoms with E-state index in [9.17, 15) is 9.59 Å². The summed E-state index contributed by atoms with van der Waals surface area (Å²) in [5.74, 6) is 3.70. The summed E-state index contributed by atoms with van der Waals surface area (Å²) in [7, 11) is 0. The summed E-state index contributed by atoms with van der Waals surface area (Å²) in [6, 6.07) is 0. The van der Waals surface area contributed by atoms with E-state index in [1.165, 1.54) is 32.1 Å². The Balaban J connectivity index is 1.67. The summed E-state index contributed by atoms with van der Waals surface area (Å²) in [6.07, 6.45) is 9.63. The van der Waals surface area contributed by atoms with Crippen LogP contribution < -0.4 is 0 Å². The number of Topliss-reactive ketones (excluding diaryl/α,β-unsaturated/α-hetero) is 2. The Kier molecular flexibility index (Phi) is 3.56. The lowest BCUT2D eigenvalue weighted by Gasteiger charge is -2.59. The monoisotopic (exact) mass is 316 g/mol. The Bertz CT molecular complexity index is 538. The van der Waals surface area contributed by atoms with Gasteiger partial charge in [0.05, 0.1) is 0 Å². The van der Waals surface area contributed by atoms with Crippen LogP contribution >= 0.6 is 0 Å². The lowest BCUT2D eigenvalue weighted by atomic mass is 9.44. The zero-order valence-electron chi connectivity index (χ0n) is 15.1. The number of rotatable bonds is 1. The molecule has 0 aromatic rings. The van der Waals surface area contributed by atoms with Crippen LogP contribution in [-0.4, -0.2) is 11.6 Å². The average Bonchev–Trinajstić information content (AvgIpc) is 2.86. The number of hydrogen-bond donors (Lipinski definition) is 0. The highest BCUT2D eigenvalue weighted by Gasteiger charge is 2.61. The maximum Gasteiger partial charge on any atom is 0.137 e. The Morgan fingerprint density at radius 3 is 2.43 bits per heavy atom. The van der Waals surface area contributed by atoms with Gasteiger partial charge in [0.15, 0.2) is 0 Å². The van der Waals surface area contributed by atoms with Crippen molar-refractivity contribution >= 4 is 11.6 Å². The Labute approximate surface area is 140 Å². The molecule has 0 radical (unpaired) electrons. The molecule has 2 heteroatoms. The van der Waals surface area contributed by atoms with E-state index in [1.54, 1.807) is 0 Å². The van der Waals surface area contributed by atoms with Crippen LogP contribution in [0.1, 0.15) is 78.6 Å². The molecule has 0 aromatic heterocycles. The van der Waals surface area contributed by atoms with Gasteiger partial charge in [0.1, 0.15) is 11.6 Å². The molecule has 0 aliphatic heterocycles. The SMILES string of the molecule is CC[C@H]1CC[C@H]2[C@@H]3CC(=O)[C@H]4CC(=O)CC[C@]4(C)[C@H]3CC[C@]12C. The van der Waals surface area contributed by atoms with Gasteiger partial charge in [-0.25, -0.2) is 0 Å². The van der Waals surface area contributed by atoms with Gasteiger partial charge < -0.3 is 0 Å². The fourth-order valence-electron chi connectivity index (χ4n) is 7.62. The Hall–Kier alpha value is -0.660.